The third kappa shape index (κ3) is 4.21. The lowest BCUT2D eigenvalue weighted by Gasteiger charge is -2.36. The van der Waals surface area contributed by atoms with E-state index in [1.165, 1.54) is 21.5 Å². The summed E-state index contributed by atoms with van der Waals surface area (Å²) >= 11 is 0. The van der Waals surface area contributed by atoms with Gasteiger partial charge in [0.25, 0.3) is 8.32 Å². The van der Waals surface area contributed by atoms with Crippen molar-refractivity contribution in [3.8, 4) is 0 Å². The van der Waals surface area contributed by atoms with Crippen LogP contribution in [0.2, 0.25) is 0 Å². The van der Waals surface area contributed by atoms with Gasteiger partial charge in [0.05, 0.1) is 12.7 Å². The van der Waals surface area contributed by atoms with Crippen LogP contribution in [0.5, 0.6) is 0 Å². The molecule has 0 radical (unpaired) electrons. The van der Waals surface area contributed by atoms with Gasteiger partial charge in [0.2, 0.25) is 0 Å². The van der Waals surface area contributed by atoms with Gasteiger partial charge in [-0.05, 0) is 41.8 Å². The first-order chi connectivity index (χ1) is 13.1. The summed E-state index contributed by atoms with van der Waals surface area (Å²) in [5, 5.41) is 2.50. The van der Waals surface area contributed by atoms with Crippen LogP contribution in [0.25, 0.3) is 0 Å². The highest BCUT2D eigenvalue weighted by Gasteiger charge is 2.40. The van der Waals surface area contributed by atoms with Crippen LogP contribution >= 0.6 is 0 Å². The molecule has 2 nitrogen and oxygen atoms in total. The number of rotatable bonds is 5. The Kier molecular flexibility index (Phi) is 6.27. The molecule has 1 aliphatic heterocycles. The highest BCUT2D eigenvalue weighted by Crippen LogP contribution is 2.26. The lowest BCUT2D eigenvalue weighted by molar-refractivity contribution is 0.222. The molecule has 1 unspecified atom stereocenters. The fourth-order valence-electron chi connectivity index (χ4n) is 3.78. The maximum atomic E-state index is 6.98. The minimum Gasteiger partial charge on any atom is -0.398 e. The quantitative estimate of drug-likeness (QED) is 0.729. The van der Waals surface area contributed by atoms with Crippen molar-refractivity contribution in [2.75, 3.05) is 13.7 Å². The maximum absolute atomic E-state index is 6.98. The summed E-state index contributed by atoms with van der Waals surface area (Å²) in [6.45, 7) is 8.98. The molecule has 1 aliphatic rings. The van der Waals surface area contributed by atoms with E-state index in [4.69, 9.17) is 9.16 Å². The van der Waals surface area contributed by atoms with Gasteiger partial charge in [0, 0.05) is 7.11 Å². The third-order valence-electron chi connectivity index (χ3n) is 5.02. The normalized spacial score (nSPS) is 23.3. The highest BCUT2D eigenvalue weighted by molar-refractivity contribution is 7.01. The fourth-order valence-corrected chi connectivity index (χ4v) is 7.62. The van der Waals surface area contributed by atoms with Gasteiger partial charge in [0.15, 0.2) is 0 Å². The average Bonchev–Trinajstić information content (AvgIpc) is 2.67. The first-order valence-corrected chi connectivity index (χ1v) is 11.4. The Bertz CT molecular complexity index is 798. The minimum absolute atomic E-state index is 0.0186. The summed E-state index contributed by atoms with van der Waals surface area (Å²) in [4.78, 5) is 0. The molecule has 2 aromatic rings. The van der Waals surface area contributed by atoms with Crippen LogP contribution < -0.4 is 10.4 Å². The van der Waals surface area contributed by atoms with Gasteiger partial charge in [-0.3, -0.25) is 0 Å². The molecule has 0 saturated carbocycles. The zero-order chi connectivity index (χ0) is 19.3. The highest BCUT2D eigenvalue weighted by atomic mass is 28.4. The van der Waals surface area contributed by atoms with Gasteiger partial charge in [-0.2, -0.15) is 0 Å². The van der Waals surface area contributed by atoms with Crippen LogP contribution in [-0.4, -0.2) is 28.1 Å². The second-order valence-electron chi connectivity index (χ2n) is 7.11. The van der Waals surface area contributed by atoms with Crippen molar-refractivity contribution in [1.82, 2.24) is 0 Å². The van der Waals surface area contributed by atoms with Crippen LogP contribution in [0, 0.1) is 0 Å². The lowest BCUT2D eigenvalue weighted by Crippen LogP contribution is -2.61. The molecule has 0 bridgehead atoms. The van der Waals surface area contributed by atoms with Gasteiger partial charge >= 0.3 is 0 Å². The van der Waals surface area contributed by atoms with E-state index in [1.54, 1.807) is 7.11 Å². The molecule has 0 saturated heterocycles. The zero-order valence-electron chi connectivity index (χ0n) is 16.4. The zero-order valence-corrected chi connectivity index (χ0v) is 17.4. The summed E-state index contributed by atoms with van der Waals surface area (Å²) in [7, 11) is -0.842. The molecule has 27 heavy (non-hydrogen) atoms. The number of hydrogen-bond donors (Lipinski definition) is 0. The van der Waals surface area contributed by atoms with E-state index in [9.17, 15) is 0 Å². The predicted molar refractivity (Wildman–Crippen MR) is 116 cm³/mol. The Morgan fingerprint density at radius 1 is 1.07 bits per heavy atom. The van der Waals surface area contributed by atoms with Crippen molar-refractivity contribution in [2.24, 2.45) is 0 Å². The van der Waals surface area contributed by atoms with E-state index in [1.807, 2.05) is 0 Å². The standard InChI is InChI=1S/C24H28O2Si/c1-19(2)24-16-15-21(17-25-4)18-27(26-20(24)3,22-11-7-5-8-12-22)23-13-9-6-10-14-23/h5-14,16,18,20H,1,15,17H2,2-4H3/b21-18+,24-16-. The van der Waals surface area contributed by atoms with E-state index in [-0.39, 0.29) is 6.10 Å². The number of benzene rings is 2. The molecule has 3 rings (SSSR count). The molecule has 0 fully saturated rings. The summed E-state index contributed by atoms with van der Waals surface area (Å²) < 4.78 is 12.5. The number of hydrogen-bond acceptors (Lipinski definition) is 2. The molecular weight excluding hydrogens is 348 g/mol. The first-order valence-electron chi connectivity index (χ1n) is 9.41. The number of ether oxygens (including phenoxy) is 1. The maximum Gasteiger partial charge on any atom is 0.281 e. The molecule has 0 N–H and O–H groups in total. The molecule has 1 heterocycles. The Labute approximate surface area is 164 Å². The monoisotopic (exact) mass is 376 g/mol. The molecule has 3 heteroatoms. The van der Waals surface area contributed by atoms with E-state index >= 15 is 0 Å². The van der Waals surface area contributed by atoms with Crippen molar-refractivity contribution in [1.29, 1.82) is 0 Å². The summed E-state index contributed by atoms with van der Waals surface area (Å²) in [6.07, 6.45) is 3.08. The Hall–Kier alpha value is -2.20. The predicted octanol–water partition coefficient (Wildman–Crippen LogP) is 4.17. The molecule has 2 aromatic carbocycles. The lowest BCUT2D eigenvalue weighted by atomic mass is 10.0. The Morgan fingerprint density at radius 3 is 2.11 bits per heavy atom. The first kappa shape index (κ1) is 19.6. The molecule has 0 aromatic heterocycles. The van der Waals surface area contributed by atoms with Crippen molar-refractivity contribution in [3.05, 3.63) is 95.7 Å². The molecular formula is C24H28O2Si. The van der Waals surface area contributed by atoms with Crippen LogP contribution in [0.1, 0.15) is 20.3 Å². The van der Waals surface area contributed by atoms with Gasteiger partial charge in [-0.25, -0.2) is 0 Å². The van der Waals surface area contributed by atoms with E-state index < -0.39 is 8.32 Å². The second kappa shape index (κ2) is 8.66. The average molecular weight is 377 g/mol. The van der Waals surface area contributed by atoms with Crippen LogP contribution in [0.3, 0.4) is 0 Å². The SMILES string of the molecule is C=C(C)/C1=C/C/C(COC)=C\[Si](c2ccccc2)(c2ccccc2)OC1C. The van der Waals surface area contributed by atoms with E-state index in [0.717, 1.165) is 12.0 Å². The molecule has 140 valence electrons. The van der Waals surface area contributed by atoms with Gasteiger partial charge in [0.1, 0.15) is 0 Å². The van der Waals surface area contributed by atoms with Crippen molar-refractivity contribution in [2.45, 2.75) is 26.4 Å². The summed E-state index contributed by atoms with van der Waals surface area (Å²) in [5.74, 6) is 0. The molecule has 0 aliphatic carbocycles. The van der Waals surface area contributed by atoms with E-state index in [0.29, 0.717) is 6.61 Å². The van der Waals surface area contributed by atoms with Gasteiger partial charge < -0.3 is 9.16 Å². The van der Waals surface area contributed by atoms with Gasteiger partial charge in [-0.15, -0.1) is 0 Å². The molecule has 0 spiro atoms. The topological polar surface area (TPSA) is 18.5 Å². The third-order valence-corrected chi connectivity index (χ3v) is 8.94. The number of allylic oxidation sites excluding steroid dienone is 1. The molecule has 0 amide bonds. The van der Waals surface area contributed by atoms with Crippen LogP contribution in [0.15, 0.2) is 95.7 Å². The van der Waals surface area contributed by atoms with Crippen LogP contribution in [-0.2, 0) is 9.16 Å². The largest absolute Gasteiger partial charge is 0.398 e. The van der Waals surface area contributed by atoms with E-state index in [2.05, 4.69) is 92.9 Å². The van der Waals surface area contributed by atoms with Gasteiger partial charge in [-0.1, -0.05) is 84.6 Å². The summed E-state index contributed by atoms with van der Waals surface area (Å²) in [6, 6.07) is 21.3. The summed E-state index contributed by atoms with van der Waals surface area (Å²) in [5.41, 5.74) is 5.87. The molecule has 1 atom stereocenters. The smallest absolute Gasteiger partial charge is 0.281 e. The minimum atomic E-state index is -2.59. The fraction of sp³-hybridized carbons (Fsp3) is 0.250. The Balaban J connectivity index is 2.24. The van der Waals surface area contributed by atoms with Crippen molar-refractivity contribution >= 4 is 18.7 Å². The van der Waals surface area contributed by atoms with Crippen molar-refractivity contribution in [3.63, 3.8) is 0 Å². The van der Waals surface area contributed by atoms with Crippen molar-refractivity contribution < 1.29 is 9.16 Å². The number of methoxy groups -OCH3 is 1. The Morgan fingerprint density at radius 2 is 1.63 bits per heavy atom. The second-order valence-corrected chi connectivity index (χ2v) is 10.3. The van der Waals surface area contributed by atoms with Crippen LogP contribution in [0.4, 0.5) is 0 Å².